The summed E-state index contributed by atoms with van der Waals surface area (Å²) in [6.07, 6.45) is 0. The van der Waals surface area contributed by atoms with Gasteiger partial charge in [0.2, 0.25) is 0 Å². The monoisotopic (exact) mass is 220 g/mol. The first-order chi connectivity index (χ1) is 3.46. The fourth-order valence-corrected chi connectivity index (χ4v) is 0. The fraction of sp³-hybridized carbons (Fsp3) is 0. The van der Waals surface area contributed by atoms with Crippen LogP contribution in [0.2, 0.25) is 0 Å². The Morgan fingerprint density at radius 3 is 0.800 bits per heavy atom. The maximum atomic E-state index is 8.74. The molecular weight excluding hydrogens is 214 g/mol. The summed E-state index contributed by atoms with van der Waals surface area (Å²) >= 11 is 0. The summed E-state index contributed by atoms with van der Waals surface area (Å²) in [6.45, 7) is 0. The molecule has 0 saturated heterocycles. The standard InChI is InChI=1S/K.Na.2H2O3Si.2H/c;;2*1-4(2)3;;/h;;2*1-2H;;. The molecule has 0 saturated carbocycles. The molecule has 0 aromatic rings. The molecule has 10 heteroatoms. The van der Waals surface area contributed by atoms with Crippen LogP contribution in [0.25, 0.3) is 0 Å². The SMILES string of the molecule is O=[Si](O)O.O=[Si](O)O.[KH].[NaH]. The van der Waals surface area contributed by atoms with E-state index in [0.29, 0.717) is 0 Å². The summed E-state index contributed by atoms with van der Waals surface area (Å²) < 4.78 is 17.5. The van der Waals surface area contributed by atoms with Crippen molar-refractivity contribution in [3.8, 4) is 0 Å². The zero-order chi connectivity index (χ0) is 7.15. The molecule has 4 N–H and O–H groups in total. The summed E-state index contributed by atoms with van der Waals surface area (Å²) in [7, 11) is -6.26. The summed E-state index contributed by atoms with van der Waals surface area (Å²) in [6, 6.07) is 0. The van der Waals surface area contributed by atoms with Crippen LogP contribution in [-0.2, 0) is 8.92 Å². The van der Waals surface area contributed by atoms with Crippen LogP contribution in [0.1, 0.15) is 0 Å². The topological polar surface area (TPSA) is 115 Å². The zero-order valence-corrected chi connectivity index (χ0v) is 5.61. The second-order valence-corrected chi connectivity index (χ2v) is 1.70. The zero-order valence-electron chi connectivity index (χ0n) is 3.61. The Morgan fingerprint density at radius 2 is 0.800 bits per heavy atom. The Balaban J connectivity index is -0.0000000300. The Morgan fingerprint density at radius 1 is 0.800 bits per heavy atom. The molecule has 0 aromatic carbocycles. The van der Waals surface area contributed by atoms with Gasteiger partial charge in [-0.05, 0) is 0 Å². The van der Waals surface area contributed by atoms with E-state index in [1.165, 1.54) is 0 Å². The first kappa shape index (κ1) is 22.6. The predicted molar refractivity (Wildman–Crippen MR) is 36.1 cm³/mol. The Kier molecular flexibility index (Phi) is 38.7. The van der Waals surface area contributed by atoms with Crippen LogP contribution in [0.5, 0.6) is 0 Å². The summed E-state index contributed by atoms with van der Waals surface area (Å²) in [4.78, 5) is 28.6. The van der Waals surface area contributed by atoms with Gasteiger partial charge in [0.25, 0.3) is 0 Å². The maximum absolute atomic E-state index is 8.74. The summed E-state index contributed by atoms with van der Waals surface area (Å²) in [5, 5.41) is 0. The molecule has 0 spiro atoms. The van der Waals surface area contributed by atoms with Crippen molar-refractivity contribution < 1.29 is 28.1 Å². The van der Waals surface area contributed by atoms with E-state index < -0.39 is 18.3 Å². The van der Waals surface area contributed by atoms with Gasteiger partial charge >= 0.3 is 99.3 Å². The first-order valence-electron chi connectivity index (χ1n) is 1.30. The van der Waals surface area contributed by atoms with E-state index in [0.717, 1.165) is 0 Å². The van der Waals surface area contributed by atoms with Crippen LogP contribution >= 0.6 is 0 Å². The molecule has 52 valence electrons. The number of rotatable bonds is 0. The quantitative estimate of drug-likeness (QED) is 0.306. The van der Waals surface area contributed by atoms with Crippen LogP contribution in [-0.4, -0.2) is 118 Å². The molecule has 0 heterocycles. The van der Waals surface area contributed by atoms with Gasteiger partial charge in [0, 0.05) is 0 Å². The molecule has 0 atom stereocenters. The van der Waals surface area contributed by atoms with Gasteiger partial charge in [0.15, 0.2) is 0 Å². The van der Waals surface area contributed by atoms with Crippen molar-refractivity contribution in [1.82, 2.24) is 0 Å². The molecule has 0 rings (SSSR count). The molecule has 0 aliphatic rings. The van der Waals surface area contributed by atoms with Gasteiger partial charge in [-0.25, -0.2) is 0 Å². The predicted octanol–water partition coefficient (Wildman–Crippen LogP) is -4.52. The first-order valence-corrected chi connectivity index (χ1v) is 3.91. The average Bonchev–Trinajstić information content (AvgIpc) is 1.25. The molecule has 0 aliphatic carbocycles. The molecule has 10 heavy (non-hydrogen) atoms. The molecule has 0 radical (unpaired) electrons. The van der Waals surface area contributed by atoms with Gasteiger partial charge in [0.05, 0.1) is 0 Å². The van der Waals surface area contributed by atoms with Crippen molar-refractivity contribution in [2.24, 2.45) is 0 Å². The van der Waals surface area contributed by atoms with Crippen molar-refractivity contribution in [2.75, 3.05) is 0 Å². The Labute approximate surface area is 125 Å². The number of hydrogen-bond acceptors (Lipinski definition) is 2. The van der Waals surface area contributed by atoms with E-state index in [9.17, 15) is 0 Å². The van der Waals surface area contributed by atoms with Gasteiger partial charge in [-0.3, -0.25) is 8.92 Å². The third-order valence-electron chi connectivity index (χ3n) is 0. The van der Waals surface area contributed by atoms with Crippen LogP contribution in [0.4, 0.5) is 0 Å². The van der Waals surface area contributed by atoms with Crippen LogP contribution in [0.15, 0.2) is 0 Å². The van der Waals surface area contributed by atoms with E-state index in [2.05, 4.69) is 0 Å². The minimum absolute atomic E-state index is 0. The fourth-order valence-electron chi connectivity index (χ4n) is 0. The third-order valence-corrected chi connectivity index (χ3v) is 0. The van der Waals surface area contributed by atoms with Crippen molar-refractivity contribution in [3.05, 3.63) is 0 Å². The molecule has 0 fully saturated rings. The Bertz CT molecular complexity index is 73.7. The third kappa shape index (κ3) is 222. The van der Waals surface area contributed by atoms with Gasteiger partial charge in [-0.2, -0.15) is 0 Å². The van der Waals surface area contributed by atoms with E-state index in [4.69, 9.17) is 28.1 Å². The average molecular weight is 220 g/mol. The van der Waals surface area contributed by atoms with Crippen LogP contribution < -0.4 is 0 Å². The van der Waals surface area contributed by atoms with E-state index in [-0.39, 0.29) is 80.9 Å². The molecular formula is H6KNaO6Si2. The van der Waals surface area contributed by atoms with E-state index in [1.807, 2.05) is 0 Å². The molecule has 6 nitrogen and oxygen atoms in total. The second-order valence-electron chi connectivity index (χ2n) is 0.565. The minimum atomic E-state index is -3.13. The van der Waals surface area contributed by atoms with E-state index in [1.54, 1.807) is 0 Å². The van der Waals surface area contributed by atoms with Crippen molar-refractivity contribution >= 4 is 99.3 Å². The molecule has 0 aliphatic heterocycles. The van der Waals surface area contributed by atoms with E-state index >= 15 is 0 Å². The van der Waals surface area contributed by atoms with Gasteiger partial charge in [-0.15, -0.1) is 0 Å². The normalized spacial score (nSPS) is 4.80. The van der Waals surface area contributed by atoms with Crippen molar-refractivity contribution in [2.45, 2.75) is 0 Å². The van der Waals surface area contributed by atoms with Gasteiger partial charge < -0.3 is 19.2 Å². The van der Waals surface area contributed by atoms with Crippen LogP contribution in [0, 0.1) is 0 Å². The van der Waals surface area contributed by atoms with Crippen LogP contribution in [0.3, 0.4) is 0 Å². The molecule has 0 aromatic heterocycles. The summed E-state index contributed by atoms with van der Waals surface area (Å²) in [5.41, 5.74) is 0. The number of hydrogen-bond donors (Lipinski definition) is 4. The van der Waals surface area contributed by atoms with Gasteiger partial charge in [-0.1, -0.05) is 0 Å². The van der Waals surface area contributed by atoms with Gasteiger partial charge in [0.1, 0.15) is 0 Å². The second kappa shape index (κ2) is 17.1. The molecule has 0 amide bonds. The summed E-state index contributed by atoms with van der Waals surface area (Å²) in [5.74, 6) is 0. The van der Waals surface area contributed by atoms with Crippen molar-refractivity contribution in [1.29, 1.82) is 0 Å². The molecule has 0 bridgehead atoms. The van der Waals surface area contributed by atoms with Crippen molar-refractivity contribution in [3.63, 3.8) is 0 Å². The molecule has 0 unspecified atom stereocenters. The Hall–Kier alpha value is 1.87.